The molecule has 0 bridgehead atoms. The molecule has 2 rings (SSSR count). The summed E-state index contributed by atoms with van der Waals surface area (Å²) >= 11 is 0. The van der Waals surface area contributed by atoms with Gasteiger partial charge in [0, 0.05) is 42.1 Å². The summed E-state index contributed by atoms with van der Waals surface area (Å²) in [7, 11) is 0.623. The molecule has 0 aliphatic carbocycles. The van der Waals surface area contributed by atoms with Gasteiger partial charge in [0.1, 0.15) is 5.82 Å². The molecule has 0 saturated carbocycles. The Labute approximate surface area is 132 Å². The number of rotatable bonds is 7. The number of anilines is 1. The first-order valence-electron chi connectivity index (χ1n) is 7.00. The summed E-state index contributed by atoms with van der Waals surface area (Å²) in [5.41, 5.74) is 1.54. The highest BCUT2D eigenvalue weighted by molar-refractivity contribution is 7.84. The fourth-order valence-electron chi connectivity index (χ4n) is 1.98. The van der Waals surface area contributed by atoms with Crippen LogP contribution in [0.5, 0.6) is 0 Å². The monoisotopic (exact) mass is 317 g/mol. The standard InChI is InChI=1S/C16H19N3O2S/c1-17-16(20)14-8-5-9-18-15(14)19-10-11-22(21)12-13-6-3-2-4-7-13/h2-9H,10-12H2,1H3,(H,17,20)(H,18,19). The second-order valence-corrected chi connectivity index (χ2v) is 6.26. The highest BCUT2D eigenvalue weighted by Crippen LogP contribution is 2.11. The van der Waals surface area contributed by atoms with E-state index in [0.717, 1.165) is 5.56 Å². The number of carbonyl (C=O) groups is 1. The number of aromatic nitrogens is 1. The lowest BCUT2D eigenvalue weighted by molar-refractivity contribution is 0.0963. The molecule has 6 heteroatoms. The Balaban J connectivity index is 1.86. The van der Waals surface area contributed by atoms with Crippen LogP contribution in [-0.4, -0.2) is 34.4 Å². The lowest BCUT2D eigenvalue weighted by Crippen LogP contribution is -2.21. The van der Waals surface area contributed by atoms with Crippen molar-refractivity contribution in [1.29, 1.82) is 0 Å². The second kappa shape index (κ2) is 8.29. The fourth-order valence-corrected chi connectivity index (χ4v) is 3.02. The van der Waals surface area contributed by atoms with Gasteiger partial charge in [0.25, 0.3) is 5.91 Å². The molecule has 1 heterocycles. The molecule has 5 nitrogen and oxygen atoms in total. The zero-order chi connectivity index (χ0) is 15.8. The topological polar surface area (TPSA) is 71.1 Å². The Morgan fingerprint density at radius 1 is 1.18 bits per heavy atom. The molecule has 116 valence electrons. The third-order valence-electron chi connectivity index (χ3n) is 3.07. The SMILES string of the molecule is CNC(=O)c1cccnc1NCCS(=O)Cc1ccccc1. The van der Waals surface area contributed by atoms with Crippen molar-refractivity contribution >= 4 is 22.5 Å². The van der Waals surface area contributed by atoms with Crippen molar-refractivity contribution in [3.05, 3.63) is 59.8 Å². The van der Waals surface area contributed by atoms with Crippen LogP contribution in [0.4, 0.5) is 5.82 Å². The predicted octanol–water partition coefficient (Wildman–Crippen LogP) is 1.80. The molecule has 0 aliphatic rings. The number of nitrogens with zero attached hydrogens (tertiary/aromatic N) is 1. The molecule has 1 unspecified atom stereocenters. The Kier molecular flexibility index (Phi) is 6.09. The van der Waals surface area contributed by atoms with E-state index in [2.05, 4.69) is 15.6 Å². The summed E-state index contributed by atoms with van der Waals surface area (Å²) in [6, 6.07) is 13.2. The van der Waals surface area contributed by atoms with Gasteiger partial charge in [-0.3, -0.25) is 9.00 Å². The molecule has 1 aromatic heterocycles. The third kappa shape index (κ3) is 4.66. The van der Waals surface area contributed by atoms with Crippen molar-refractivity contribution in [3.63, 3.8) is 0 Å². The highest BCUT2D eigenvalue weighted by Gasteiger charge is 2.10. The zero-order valence-corrected chi connectivity index (χ0v) is 13.2. The van der Waals surface area contributed by atoms with Crippen molar-refractivity contribution < 1.29 is 9.00 Å². The van der Waals surface area contributed by atoms with Crippen molar-refractivity contribution in [1.82, 2.24) is 10.3 Å². The lowest BCUT2D eigenvalue weighted by Gasteiger charge is -2.09. The van der Waals surface area contributed by atoms with Gasteiger partial charge in [-0.05, 0) is 17.7 Å². The van der Waals surface area contributed by atoms with E-state index in [1.165, 1.54) is 0 Å². The van der Waals surface area contributed by atoms with Crippen molar-refractivity contribution in [2.75, 3.05) is 24.7 Å². The molecule has 0 aliphatic heterocycles. The maximum Gasteiger partial charge on any atom is 0.254 e. The van der Waals surface area contributed by atoms with Crippen LogP contribution in [0.2, 0.25) is 0 Å². The summed E-state index contributed by atoms with van der Waals surface area (Å²) in [4.78, 5) is 15.9. The van der Waals surface area contributed by atoms with Gasteiger partial charge in [-0.1, -0.05) is 30.3 Å². The van der Waals surface area contributed by atoms with Crippen molar-refractivity contribution in [2.24, 2.45) is 0 Å². The number of pyridine rings is 1. The van der Waals surface area contributed by atoms with Gasteiger partial charge in [-0.15, -0.1) is 0 Å². The number of hydrogen-bond acceptors (Lipinski definition) is 4. The minimum atomic E-state index is -0.955. The Morgan fingerprint density at radius 2 is 1.95 bits per heavy atom. The van der Waals surface area contributed by atoms with E-state index in [9.17, 15) is 9.00 Å². The van der Waals surface area contributed by atoms with E-state index < -0.39 is 10.8 Å². The van der Waals surface area contributed by atoms with Gasteiger partial charge in [0.05, 0.1) is 5.56 Å². The van der Waals surface area contributed by atoms with Crippen molar-refractivity contribution in [2.45, 2.75) is 5.75 Å². The van der Waals surface area contributed by atoms with Crippen LogP contribution in [-0.2, 0) is 16.6 Å². The molecule has 0 saturated heterocycles. The number of amides is 1. The molecule has 0 radical (unpaired) electrons. The van der Waals surface area contributed by atoms with E-state index >= 15 is 0 Å². The fraction of sp³-hybridized carbons (Fsp3) is 0.250. The molecule has 2 aromatic rings. The average Bonchev–Trinajstić information content (AvgIpc) is 2.55. The lowest BCUT2D eigenvalue weighted by atomic mass is 10.2. The van der Waals surface area contributed by atoms with Gasteiger partial charge in [-0.2, -0.15) is 0 Å². The van der Waals surface area contributed by atoms with Crippen LogP contribution in [0.15, 0.2) is 48.7 Å². The highest BCUT2D eigenvalue weighted by atomic mass is 32.2. The molecule has 2 N–H and O–H groups in total. The van der Waals surface area contributed by atoms with E-state index in [1.807, 2.05) is 30.3 Å². The van der Waals surface area contributed by atoms with E-state index in [0.29, 0.717) is 29.4 Å². The quantitative estimate of drug-likeness (QED) is 0.817. The Morgan fingerprint density at radius 3 is 2.68 bits per heavy atom. The number of benzene rings is 1. The minimum absolute atomic E-state index is 0.194. The van der Waals surface area contributed by atoms with Crippen LogP contribution in [0, 0.1) is 0 Å². The summed E-state index contributed by atoms with van der Waals surface area (Å²) < 4.78 is 12.0. The molecular weight excluding hydrogens is 298 g/mol. The first-order valence-corrected chi connectivity index (χ1v) is 8.49. The van der Waals surface area contributed by atoms with Crippen LogP contribution >= 0.6 is 0 Å². The molecule has 1 aromatic carbocycles. The summed E-state index contributed by atoms with van der Waals surface area (Å²) in [6.45, 7) is 0.500. The van der Waals surface area contributed by atoms with Gasteiger partial charge in [0.15, 0.2) is 0 Å². The summed E-state index contributed by atoms with van der Waals surface area (Å²) in [5, 5.41) is 5.65. The minimum Gasteiger partial charge on any atom is -0.368 e. The normalized spacial score (nSPS) is 11.7. The maximum absolute atomic E-state index is 12.0. The Hall–Kier alpha value is -2.21. The van der Waals surface area contributed by atoms with Gasteiger partial charge in [0.2, 0.25) is 0 Å². The first kappa shape index (κ1) is 16.2. The molecular formula is C16H19N3O2S. The number of nitrogens with one attached hydrogen (secondary N) is 2. The van der Waals surface area contributed by atoms with Gasteiger partial charge in [-0.25, -0.2) is 4.98 Å². The van der Waals surface area contributed by atoms with E-state index in [1.54, 1.807) is 25.4 Å². The molecule has 0 spiro atoms. The van der Waals surface area contributed by atoms with E-state index in [4.69, 9.17) is 0 Å². The third-order valence-corrected chi connectivity index (χ3v) is 4.39. The van der Waals surface area contributed by atoms with E-state index in [-0.39, 0.29) is 5.91 Å². The molecule has 0 fully saturated rings. The molecule has 22 heavy (non-hydrogen) atoms. The Bertz CT molecular complexity index is 647. The van der Waals surface area contributed by atoms with Gasteiger partial charge >= 0.3 is 0 Å². The smallest absolute Gasteiger partial charge is 0.254 e. The van der Waals surface area contributed by atoms with Crippen LogP contribution in [0.25, 0.3) is 0 Å². The average molecular weight is 317 g/mol. The largest absolute Gasteiger partial charge is 0.368 e. The first-order chi connectivity index (χ1) is 10.7. The number of carbonyl (C=O) groups excluding carboxylic acids is 1. The van der Waals surface area contributed by atoms with Crippen LogP contribution in [0.3, 0.4) is 0 Å². The number of hydrogen-bond donors (Lipinski definition) is 2. The van der Waals surface area contributed by atoms with Gasteiger partial charge < -0.3 is 10.6 Å². The zero-order valence-electron chi connectivity index (χ0n) is 12.4. The maximum atomic E-state index is 12.0. The molecule has 1 amide bonds. The van der Waals surface area contributed by atoms with Crippen molar-refractivity contribution in [3.8, 4) is 0 Å². The van der Waals surface area contributed by atoms with Crippen LogP contribution in [0.1, 0.15) is 15.9 Å². The summed E-state index contributed by atoms with van der Waals surface area (Å²) in [5.74, 6) is 1.35. The predicted molar refractivity (Wildman–Crippen MR) is 89.3 cm³/mol. The van der Waals surface area contributed by atoms with Crippen LogP contribution < -0.4 is 10.6 Å². The summed E-state index contributed by atoms with van der Waals surface area (Å²) in [6.07, 6.45) is 1.62. The second-order valence-electron chi connectivity index (χ2n) is 4.68. The molecule has 1 atom stereocenters.